The average molecular weight is 517 g/mol. The molecule has 4 aromatic rings. The zero-order chi connectivity index (χ0) is 26.6. The summed E-state index contributed by atoms with van der Waals surface area (Å²) in [5.74, 6) is 0.913. The number of benzene rings is 2. The minimum absolute atomic E-state index is 0.0284. The molecule has 0 radical (unpaired) electrons. The number of carbonyl (C=O) groups excluding carboxylic acids is 2. The average Bonchev–Trinajstić information content (AvgIpc) is 3.62. The van der Waals surface area contributed by atoms with Crippen LogP contribution in [0, 0.1) is 0 Å². The summed E-state index contributed by atoms with van der Waals surface area (Å²) in [6.45, 7) is 3.72. The number of hydrogen-bond acceptors (Lipinski definition) is 7. The summed E-state index contributed by atoms with van der Waals surface area (Å²) in [4.78, 5) is 51.9. The van der Waals surface area contributed by atoms with Gasteiger partial charge in [-0.2, -0.15) is 0 Å². The molecule has 2 aromatic heterocycles. The van der Waals surface area contributed by atoms with Crippen molar-refractivity contribution in [2.75, 3.05) is 6.79 Å². The number of aromatic nitrogens is 2. The number of nitrogens with one attached hydrogen (secondary N) is 2. The smallest absolute Gasteiger partial charge is 0.332 e. The summed E-state index contributed by atoms with van der Waals surface area (Å²) < 4.78 is 18.1. The lowest BCUT2D eigenvalue weighted by Crippen LogP contribution is -2.42. The Hall–Kier alpha value is -5.06. The Morgan fingerprint density at radius 3 is 2.61 bits per heavy atom. The predicted octanol–water partition coefficient (Wildman–Crippen LogP) is 1.92. The summed E-state index contributed by atoms with van der Waals surface area (Å²) in [7, 11) is 0. The van der Waals surface area contributed by atoms with Crippen molar-refractivity contribution in [1.29, 1.82) is 0 Å². The maximum atomic E-state index is 13.2. The van der Waals surface area contributed by atoms with Crippen molar-refractivity contribution in [1.82, 2.24) is 19.8 Å². The lowest BCUT2D eigenvalue weighted by atomic mass is 10.1. The molecule has 2 N–H and O–H groups in total. The summed E-state index contributed by atoms with van der Waals surface area (Å²) in [5, 5.41) is 5.70. The molecule has 3 heterocycles. The molecule has 0 atom stereocenters. The van der Waals surface area contributed by atoms with Crippen molar-refractivity contribution in [2.24, 2.45) is 0 Å². The number of carbonyl (C=O) groups is 2. The van der Waals surface area contributed by atoms with E-state index in [1.807, 2.05) is 6.07 Å². The fraction of sp³-hybridized carbons (Fsp3) is 0.185. The van der Waals surface area contributed by atoms with Gasteiger partial charge in [-0.05, 0) is 48.0 Å². The van der Waals surface area contributed by atoms with Crippen LogP contribution in [0.25, 0.3) is 10.9 Å². The first-order valence-electron chi connectivity index (χ1n) is 11.8. The van der Waals surface area contributed by atoms with Crippen molar-refractivity contribution in [3.63, 3.8) is 0 Å². The van der Waals surface area contributed by atoms with Gasteiger partial charge in [-0.1, -0.05) is 12.1 Å². The van der Waals surface area contributed by atoms with Gasteiger partial charge in [0, 0.05) is 18.7 Å². The third kappa shape index (κ3) is 4.94. The second kappa shape index (κ2) is 10.5. The molecule has 38 heavy (non-hydrogen) atoms. The first-order chi connectivity index (χ1) is 18.4. The first-order valence-corrected chi connectivity index (χ1v) is 11.8. The molecule has 11 heteroatoms. The molecule has 0 spiro atoms. The highest BCUT2D eigenvalue weighted by Gasteiger charge is 2.18. The molecule has 0 aliphatic carbocycles. The van der Waals surface area contributed by atoms with E-state index in [0.717, 1.165) is 10.1 Å². The van der Waals surface area contributed by atoms with Crippen LogP contribution in [0.3, 0.4) is 0 Å². The number of hydrogen-bond donors (Lipinski definition) is 2. The van der Waals surface area contributed by atoms with Crippen LogP contribution in [0.15, 0.2) is 81.5 Å². The largest absolute Gasteiger partial charge is 0.467 e. The molecular weight excluding hydrogens is 492 g/mol. The molecule has 0 saturated heterocycles. The fourth-order valence-electron chi connectivity index (χ4n) is 4.13. The third-order valence-corrected chi connectivity index (χ3v) is 6.03. The van der Waals surface area contributed by atoms with Crippen LogP contribution in [0.4, 0.5) is 0 Å². The molecule has 0 unspecified atom stereocenters. The molecule has 0 bridgehead atoms. The number of ether oxygens (including phenoxy) is 2. The van der Waals surface area contributed by atoms with Gasteiger partial charge in [0.15, 0.2) is 11.5 Å². The van der Waals surface area contributed by atoms with Gasteiger partial charge in [0.05, 0.1) is 23.7 Å². The van der Waals surface area contributed by atoms with Gasteiger partial charge < -0.3 is 24.5 Å². The number of allylic oxidation sites excluding steroid dienone is 1. The van der Waals surface area contributed by atoms with Crippen LogP contribution in [0.2, 0.25) is 0 Å². The monoisotopic (exact) mass is 516 g/mol. The van der Waals surface area contributed by atoms with Crippen molar-refractivity contribution < 1.29 is 23.5 Å². The molecule has 2 amide bonds. The third-order valence-electron chi connectivity index (χ3n) is 6.03. The van der Waals surface area contributed by atoms with E-state index in [0.29, 0.717) is 17.3 Å². The number of amides is 2. The standard InChI is InChI=1S/C27H24N4O7/c1-2-9-30-26(34)20-7-6-18(25(33)29-13-17-5-8-22-23(11-17)38-16-37-22)12-21(20)31(27(30)35)15-24(32)28-14-19-4-3-10-36-19/h2-8,10-12H,1,9,13-16H2,(H,28,32)(H,29,33). The molecule has 1 aliphatic heterocycles. The normalized spacial score (nSPS) is 11.9. The number of nitrogens with zero attached hydrogens (tertiary/aromatic N) is 2. The van der Waals surface area contributed by atoms with Gasteiger partial charge in [0.2, 0.25) is 12.7 Å². The molecule has 0 saturated carbocycles. The van der Waals surface area contributed by atoms with Crippen LogP contribution in [-0.2, 0) is 31.0 Å². The van der Waals surface area contributed by atoms with Gasteiger partial charge >= 0.3 is 5.69 Å². The Balaban J connectivity index is 1.42. The van der Waals surface area contributed by atoms with Gasteiger partial charge in [0.25, 0.3) is 11.5 Å². The van der Waals surface area contributed by atoms with E-state index in [1.54, 1.807) is 24.3 Å². The Bertz CT molecular complexity index is 1650. The van der Waals surface area contributed by atoms with Gasteiger partial charge in [0.1, 0.15) is 12.3 Å². The molecule has 0 fully saturated rings. The SMILES string of the molecule is C=CCn1c(=O)c2ccc(C(=O)NCc3ccc4c(c3)OCO4)cc2n(CC(=O)NCc2ccco2)c1=O. The van der Waals surface area contributed by atoms with Crippen LogP contribution >= 0.6 is 0 Å². The van der Waals surface area contributed by atoms with Gasteiger partial charge in [-0.3, -0.25) is 23.5 Å². The zero-order valence-electron chi connectivity index (χ0n) is 20.3. The Labute approximate surface area is 215 Å². The second-order valence-electron chi connectivity index (χ2n) is 8.53. The van der Waals surface area contributed by atoms with E-state index in [-0.39, 0.29) is 49.4 Å². The maximum absolute atomic E-state index is 13.2. The van der Waals surface area contributed by atoms with E-state index in [9.17, 15) is 19.2 Å². The molecule has 2 aromatic carbocycles. The topological polar surface area (TPSA) is 134 Å². The van der Waals surface area contributed by atoms with Gasteiger partial charge in [-0.25, -0.2) is 4.79 Å². The van der Waals surface area contributed by atoms with E-state index in [1.165, 1.54) is 35.1 Å². The van der Waals surface area contributed by atoms with E-state index in [2.05, 4.69) is 17.2 Å². The van der Waals surface area contributed by atoms with Crippen molar-refractivity contribution in [3.05, 3.63) is 105 Å². The van der Waals surface area contributed by atoms with Gasteiger partial charge in [-0.15, -0.1) is 6.58 Å². The van der Waals surface area contributed by atoms with Crippen LogP contribution in [-0.4, -0.2) is 27.7 Å². The molecule has 11 nitrogen and oxygen atoms in total. The fourth-order valence-corrected chi connectivity index (χ4v) is 4.13. The Morgan fingerprint density at radius 2 is 1.82 bits per heavy atom. The molecule has 194 valence electrons. The molecule has 1 aliphatic rings. The van der Waals surface area contributed by atoms with Crippen molar-refractivity contribution in [2.45, 2.75) is 26.2 Å². The minimum Gasteiger partial charge on any atom is -0.467 e. The lowest BCUT2D eigenvalue weighted by Gasteiger charge is -2.14. The summed E-state index contributed by atoms with van der Waals surface area (Å²) >= 11 is 0. The first kappa shape index (κ1) is 24.6. The highest BCUT2D eigenvalue weighted by Crippen LogP contribution is 2.32. The Kier molecular flexibility index (Phi) is 6.81. The summed E-state index contributed by atoms with van der Waals surface area (Å²) in [6, 6.07) is 13.2. The predicted molar refractivity (Wildman–Crippen MR) is 137 cm³/mol. The minimum atomic E-state index is -0.687. The quantitative estimate of drug-likeness (QED) is 0.325. The maximum Gasteiger partial charge on any atom is 0.332 e. The number of fused-ring (bicyclic) bond motifs is 2. The van der Waals surface area contributed by atoms with Crippen LogP contribution in [0.5, 0.6) is 11.5 Å². The lowest BCUT2D eigenvalue weighted by molar-refractivity contribution is -0.121. The van der Waals surface area contributed by atoms with E-state index < -0.39 is 23.1 Å². The van der Waals surface area contributed by atoms with E-state index in [4.69, 9.17) is 13.9 Å². The van der Waals surface area contributed by atoms with Crippen LogP contribution in [0.1, 0.15) is 21.7 Å². The second-order valence-corrected chi connectivity index (χ2v) is 8.53. The molecular formula is C27H24N4O7. The highest BCUT2D eigenvalue weighted by atomic mass is 16.7. The molecule has 5 rings (SSSR count). The zero-order valence-corrected chi connectivity index (χ0v) is 20.3. The number of furan rings is 1. The Morgan fingerprint density at radius 1 is 0.974 bits per heavy atom. The van der Waals surface area contributed by atoms with E-state index >= 15 is 0 Å². The highest BCUT2D eigenvalue weighted by molar-refractivity contribution is 5.98. The number of rotatable bonds is 9. The summed E-state index contributed by atoms with van der Waals surface area (Å²) in [6.07, 6.45) is 2.91. The van der Waals surface area contributed by atoms with Crippen LogP contribution < -0.4 is 31.4 Å². The summed E-state index contributed by atoms with van der Waals surface area (Å²) in [5.41, 5.74) is -0.0220. The van der Waals surface area contributed by atoms with Crippen molar-refractivity contribution >= 4 is 22.7 Å². The van der Waals surface area contributed by atoms with Crippen molar-refractivity contribution in [3.8, 4) is 11.5 Å².